The second-order valence-electron chi connectivity index (χ2n) is 8.63. The molecule has 0 unspecified atom stereocenters. The Morgan fingerprint density at radius 1 is 1.31 bits per heavy atom. The van der Waals surface area contributed by atoms with E-state index in [2.05, 4.69) is 15.5 Å². The molecule has 2 atom stereocenters. The number of sulfonamides is 1. The van der Waals surface area contributed by atoms with Crippen LogP contribution in [0, 0.1) is 0 Å². The summed E-state index contributed by atoms with van der Waals surface area (Å²) < 4.78 is 38.1. The number of aryl methyl sites for hydroxylation is 1. The second kappa shape index (κ2) is 9.68. The van der Waals surface area contributed by atoms with Crippen molar-refractivity contribution in [1.82, 2.24) is 19.8 Å². The predicted octanol–water partition coefficient (Wildman–Crippen LogP) is 2.50. The Hall–Kier alpha value is -2.30. The Morgan fingerprint density at radius 2 is 2.12 bits per heavy atom. The van der Waals surface area contributed by atoms with Gasteiger partial charge in [0.1, 0.15) is 10.7 Å². The van der Waals surface area contributed by atoms with Crippen molar-refractivity contribution in [2.75, 3.05) is 20.3 Å². The molecule has 174 valence electrons. The summed E-state index contributed by atoms with van der Waals surface area (Å²) in [5, 5.41) is 6.86. The van der Waals surface area contributed by atoms with Gasteiger partial charge in [0.05, 0.1) is 0 Å². The first-order valence-electron chi connectivity index (χ1n) is 11.1. The van der Waals surface area contributed by atoms with Crippen LogP contribution in [0.15, 0.2) is 33.8 Å². The first-order chi connectivity index (χ1) is 15.4. The molecule has 1 saturated carbocycles. The number of carbonyl (C=O) groups excluding carboxylic acids is 1. The zero-order valence-electron chi connectivity index (χ0n) is 18.5. The fourth-order valence-electron chi connectivity index (χ4n) is 4.10. The molecule has 1 aliphatic carbocycles. The molecule has 1 amide bonds. The SMILES string of the molecule is COCCCc1ccc(S(=O)(=O)N2CC[C@H](NC(=O)c3cc(C4CC4)on3)C[C@H]2C)cn1. The van der Waals surface area contributed by atoms with E-state index in [1.54, 1.807) is 25.3 Å². The second-order valence-corrected chi connectivity index (χ2v) is 10.5. The number of nitrogens with one attached hydrogen (secondary N) is 1. The van der Waals surface area contributed by atoms with E-state index in [0.717, 1.165) is 37.1 Å². The number of pyridine rings is 1. The van der Waals surface area contributed by atoms with Crippen molar-refractivity contribution >= 4 is 15.9 Å². The van der Waals surface area contributed by atoms with Crippen LogP contribution in [0.2, 0.25) is 0 Å². The molecule has 1 N–H and O–H groups in total. The number of ether oxygens (including phenoxy) is 1. The minimum absolute atomic E-state index is 0.119. The van der Waals surface area contributed by atoms with Gasteiger partial charge in [0, 0.05) is 56.2 Å². The van der Waals surface area contributed by atoms with Crippen LogP contribution in [0.3, 0.4) is 0 Å². The summed E-state index contributed by atoms with van der Waals surface area (Å²) in [5.74, 6) is 0.886. The zero-order valence-corrected chi connectivity index (χ0v) is 19.3. The van der Waals surface area contributed by atoms with Gasteiger partial charge in [-0.05, 0) is 57.6 Å². The zero-order chi connectivity index (χ0) is 22.7. The van der Waals surface area contributed by atoms with Gasteiger partial charge in [0.2, 0.25) is 10.0 Å². The average molecular weight is 463 g/mol. The lowest BCUT2D eigenvalue weighted by Gasteiger charge is -2.36. The molecule has 32 heavy (non-hydrogen) atoms. The summed E-state index contributed by atoms with van der Waals surface area (Å²) in [6, 6.07) is 4.72. The van der Waals surface area contributed by atoms with Gasteiger partial charge in [-0.1, -0.05) is 5.16 Å². The molecular weight excluding hydrogens is 432 g/mol. The lowest BCUT2D eigenvalue weighted by atomic mass is 10.0. The van der Waals surface area contributed by atoms with Crippen molar-refractivity contribution in [3.63, 3.8) is 0 Å². The molecule has 1 saturated heterocycles. The normalized spacial score (nSPS) is 22.1. The first-order valence-corrected chi connectivity index (χ1v) is 12.6. The van der Waals surface area contributed by atoms with E-state index in [4.69, 9.17) is 9.26 Å². The molecule has 0 aromatic carbocycles. The Labute approximate surface area is 188 Å². The number of amides is 1. The first kappa shape index (κ1) is 22.9. The molecule has 0 bridgehead atoms. The van der Waals surface area contributed by atoms with E-state index in [-0.39, 0.29) is 28.6 Å². The van der Waals surface area contributed by atoms with Crippen molar-refractivity contribution in [2.24, 2.45) is 0 Å². The Balaban J connectivity index is 1.34. The molecule has 2 fully saturated rings. The van der Waals surface area contributed by atoms with Gasteiger partial charge in [-0.25, -0.2) is 8.42 Å². The third kappa shape index (κ3) is 5.19. The van der Waals surface area contributed by atoms with E-state index in [1.165, 1.54) is 10.5 Å². The average Bonchev–Trinajstić information content (AvgIpc) is 3.50. The fourth-order valence-corrected chi connectivity index (χ4v) is 5.70. The number of nitrogens with zero attached hydrogens (tertiary/aromatic N) is 3. The number of piperidine rings is 1. The highest BCUT2D eigenvalue weighted by Crippen LogP contribution is 2.40. The molecule has 3 heterocycles. The summed E-state index contributed by atoms with van der Waals surface area (Å²) >= 11 is 0. The molecule has 2 aromatic rings. The Bertz CT molecular complexity index is 1030. The smallest absolute Gasteiger partial charge is 0.273 e. The van der Waals surface area contributed by atoms with Crippen LogP contribution in [-0.4, -0.2) is 61.1 Å². The number of hydrogen-bond acceptors (Lipinski definition) is 7. The van der Waals surface area contributed by atoms with E-state index in [1.807, 2.05) is 6.92 Å². The number of rotatable bonds is 9. The minimum atomic E-state index is -3.65. The topological polar surface area (TPSA) is 115 Å². The van der Waals surface area contributed by atoms with Crippen molar-refractivity contribution in [3.05, 3.63) is 41.5 Å². The van der Waals surface area contributed by atoms with Crippen LogP contribution in [0.1, 0.15) is 66.9 Å². The van der Waals surface area contributed by atoms with Crippen molar-refractivity contribution in [1.29, 1.82) is 0 Å². The number of carbonyl (C=O) groups is 1. The highest BCUT2D eigenvalue weighted by molar-refractivity contribution is 7.89. The molecule has 0 radical (unpaired) electrons. The van der Waals surface area contributed by atoms with Crippen LogP contribution in [0.25, 0.3) is 0 Å². The highest BCUT2D eigenvalue weighted by atomic mass is 32.2. The lowest BCUT2D eigenvalue weighted by Crippen LogP contribution is -2.50. The van der Waals surface area contributed by atoms with Crippen LogP contribution < -0.4 is 5.32 Å². The van der Waals surface area contributed by atoms with Crippen LogP contribution in [0.4, 0.5) is 0 Å². The number of methoxy groups -OCH3 is 1. The molecule has 10 heteroatoms. The monoisotopic (exact) mass is 462 g/mol. The standard InChI is InChI=1S/C22H30N4O5S/c1-15-12-18(24-22(27)20-13-21(31-25-20)16-5-6-16)9-10-26(15)32(28,29)19-8-7-17(23-14-19)4-3-11-30-2/h7-8,13-16,18H,3-6,9-12H2,1-2H3,(H,24,27)/t15-,18+/m1/s1. The molecular formula is C22H30N4O5S. The van der Waals surface area contributed by atoms with Crippen LogP contribution >= 0.6 is 0 Å². The fraction of sp³-hybridized carbons (Fsp3) is 0.591. The Kier molecular flexibility index (Phi) is 6.92. The predicted molar refractivity (Wildman–Crippen MR) is 117 cm³/mol. The maximum absolute atomic E-state index is 13.1. The third-order valence-corrected chi connectivity index (χ3v) is 8.07. The molecule has 2 aliphatic rings. The maximum atomic E-state index is 13.1. The van der Waals surface area contributed by atoms with Crippen LogP contribution in [-0.2, 0) is 21.2 Å². The summed E-state index contributed by atoms with van der Waals surface area (Å²) in [5.41, 5.74) is 1.12. The molecule has 1 aliphatic heterocycles. The van der Waals surface area contributed by atoms with E-state index in [0.29, 0.717) is 31.9 Å². The summed E-state index contributed by atoms with van der Waals surface area (Å²) in [7, 11) is -2.00. The van der Waals surface area contributed by atoms with Crippen molar-refractivity contribution in [2.45, 2.75) is 68.3 Å². The molecule has 9 nitrogen and oxygen atoms in total. The minimum Gasteiger partial charge on any atom is -0.385 e. The quantitative estimate of drug-likeness (QED) is 0.569. The van der Waals surface area contributed by atoms with Gasteiger partial charge in [0.25, 0.3) is 5.91 Å². The maximum Gasteiger partial charge on any atom is 0.273 e. The van der Waals surface area contributed by atoms with Crippen molar-refractivity contribution < 1.29 is 22.5 Å². The molecule has 0 spiro atoms. The molecule has 2 aromatic heterocycles. The van der Waals surface area contributed by atoms with Gasteiger partial charge >= 0.3 is 0 Å². The van der Waals surface area contributed by atoms with Gasteiger partial charge in [-0.3, -0.25) is 9.78 Å². The van der Waals surface area contributed by atoms with Gasteiger partial charge in [0.15, 0.2) is 5.69 Å². The summed E-state index contributed by atoms with van der Waals surface area (Å²) in [6.07, 6.45) is 6.22. The number of hydrogen-bond donors (Lipinski definition) is 1. The van der Waals surface area contributed by atoms with Gasteiger partial charge in [-0.15, -0.1) is 0 Å². The highest BCUT2D eigenvalue weighted by Gasteiger charge is 2.36. The summed E-state index contributed by atoms with van der Waals surface area (Å²) in [4.78, 5) is 17.0. The van der Waals surface area contributed by atoms with Gasteiger partial charge in [-0.2, -0.15) is 4.31 Å². The third-order valence-electron chi connectivity index (χ3n) is 6.08. The van der Waals surface area contributed by atoms with Gasteiger partial charge < -0.3 is 14.6 Å². The molecule has 4 rings (SSSR count). The summed E-state index contributed by atoms with van der Waals surface area (Å²) in [6.45, 7) is 2.84. The van der Waals surface area contributed by atoms with E-state index in [9.17, 15) is 13.2 Å². The lowest BCUT2D eigenvalue weighted by molar-refractivity contribution is 0.0905. The largest absolute Gasteiger partial charge is 0.385 e. The van der Waals surface area contributed by atoms with E-state index < -0.39 is 10.0 Å². The van der Waals surface area contributed by atoms with E-state index >= 15 is 0 Å². The van der Waals surface area contributed by atoms with Crippen molar-refractivity contribution in [3.8, 4) is 0 Å². The van der Waals surface area contributed by atoms with Crippen LogP contribution in [0.5, 0.6) is 0 Å². The number of aromatic nitrogens is 2. The Morgan fingerprint density at radius 3 is 2.78 bits per heavy atom.